The van der Waals surface area contributed by atoms with Crippen LogP contribution in [0.1, 0.15) is 59.3 Å². The third kappa shape index (κ3) is 2.46. The number of carbonyl (C=O) groups is 1. The topological polar surface area (TPSA) is 35.5 Å². The van der Waals surface area contributed by atoms with Crippen LogP contribution in [0.4, 0.5) is 0 Å². The zero-order valence-electron chi connectivity index (χ0n) is 11.8. The van der Waals surface area contributed by atoms with Gasteiger partial charge in [-0.3, -0.25) is 4.79 Å². The molecule has 0 radical (unpaired) electrons. The van der Waals surface area contributed by atoms with Crippen LogP contribution in [0.2, 0.25) is 0 Å². The number of hydrogen-bond acceptors (Lipinski definition) is 3. The van der Waals surface area contributed by atoms with Gasteiger partial charge in [0.2, 0.25) is 0 Å². The second-order valence-electron chi connectivity index (χ2n) is 6.06. The number of carbonyl (C=O) groups excluding carboxylic acids is 1. The van der Waals surface area contributed by atoms with E-state index in [1.54, 1.807) is 0 Å². The van der Waals surface area contributed by atoms with Gasteiger partial charge in [0.25, 0.3) is 0 Å². The van der Waals surface area contributed by atoms with Crippen molar-refractivity contribution in [1.29, 1.82) is 0 Å². The van der Waals surface area contributed by atoms with Crippen LogP contribution in [0.5, 0.6) is 0 Å². The lowest BCUT2D eigenvalue weighted by atomic mass is 9.83. The van der Waals surface area contributed by atoms with Crippen LogP contribution in [0, 0.1) is 5.41 Å². The second-order valence-corrected chi connectivity index (χ2v) is 6.06. The van der Waals surface area contributed by atoms with Crippen LogP contribution in [0.3, 0.4) is 0 Å². The zero-order chi connectivity index (χ0) is 13.2. The van der Waals surface area contributed by atoms with E-state index in [-0.39, 0.29) is 11.6 Å². The molecule has 0 aromatic rings. The van der Waals surface area contributed by atoms with Crippen molar-refractivity contribution in [1.82, 2.24) is 0 Å². The first-order valence-corrected chi connectivity index (χ1v) is 7.07. The van der Waals surface area contributed by atoms with Gasteiger partial charge in [-0.25, -0.2) is 0 Å². The van der Waals surface area contributed by atoms with Gasteiger partial charge in [0.15, 0.2) is 0 Å². The molecule has 1 aliphatic heterocycles. The summed E-state index contributed by atoms with van der Waals surface area (Å²) in [6.45, 7) is 6.45. The lowest BCUT2D eigenvalue weighted by Gasteiger charge is -2.35. The summed E-state index contributed by atoms with van der Waals surface area (Å²) in [6, 6.07) is 0. The molecule has 3 heteroatoms. The van der Waals surface area contributed by atoms with Crippen molar-refractivity contribution in [2.45, 2.75) is 64.9 Å². The third-order valence-corrected chi connectivity index (χ3v) is 4.38. The van der Waals surface area contributed by atoms with Crippen molar-refractivity contribution in [3.63, 3.8) is 0 Å². The zero-order valence-corrected chi connectivity index (χ0v) is 11.8. The van der Waals surface area contributed by atoms with E-state index in [4.69, 9.17) is 9.47 Å². The molecule has 0 amide bonds. The summed E-state index contributed by atoms with van der Waals surface area (Å²) in [6.07, 6.45) is 8.27. The van der Waals surface area contributed by atoms with Crippen LogP contribution >= 0.6 is 0 Å². The number of ether oxygens (including phenoxy) is 2. The third-order valence-electron chi connectivity index (χ3n) is 4.38. The maximum absolute atomic E-state index is 12.2. The van der Waals surface area contributed by atoms with Gasteiger partial charge >= 0.3 is 5.97 Å². The Morgan fingerprint density at radius 1 is 1.39 bits per heavy atom. The molecule has 0 atom stereocenters. The second kappa shape index (κ2) is 5.04. The fourth-order valence-electron chi connectivity index (χ4n) is 2.56. The van der Waals surface area contributed by atoms with E-state index < -0.39 is 5.41 Å². The predicted molar refractivity (Wildman–Crippen MR) is 70.0 cm³/mol. The van der Waals surface area contributed by atoms with Gasteiger partial charge < -0.3 is 9.47 Å². The van der Waals surface area contributed by atoms with Gasteiger partial charge in [-0.2, -0.15) is 0 Å². The molecule has 0 aromatic carbocycles. The first kappa shape index (κ1) is 13.6. The summed E-state index contributed by atoms with van der Waals surface area (Å²) in [5, 5.41) is 0. The molecule has 0 aromatic heterocycles. The highest BCUT2D eigenvalue weighted by atomic mass is 16.6. The van der Waals surface area contributed by atoms with Crippen molar-refractivity contribution >= 4 is 5.97 Å². The quantitative estimate of drug-likeness (QED) is 0.720. The minimum Gasteiger partial charge on any atom is -0.428 e. The molecule has 1 heterocycles. The van der Waals surface area contributed by atoms with E-state index in [1.165, 1.54) is 6.42 Å². The highest BCUT2D eigenvalue weighted by Crippen LogP contribution is 2.42. The van der Waals surface area contributed by atoms with Crippen molar-refractivity contribution in [3.05, 3.63) is 11.8 Å². The summed E-state index contributed by atoms with van der Waals surface area (Å²) in [5.41, 5.74) is -0.711. The lowest BCUT2D eigenvalue weighted by molar-refractivity contribution is -0.154. The van der Waals surface area contributed by atoms with E-state index in [1.807, 2.05) is 26.8 Å². The van der Waals surface area contributed by atoms with E-state index in [0.717, 1.165) is 37.9 Å². The minimum atomic E-state index is -0.417. The lowest BCUT2D eigenvalue weighted by Crippen LogP contribution is -2.37. The first-order chi connectivity index (χ1) is 8.50. The van der Waals surface area contributed by atoms with Crippen LogP contribution in [0.25, 0.3) is 0 Å². The Bertz CT molecular complexity index is 349. The Morgan fingerprint density at radius 3 is 2.67 bits per heavy atom. The predicted octanol–water partition coefficient (Wildman–Crippen LogP) is 3.58. The molecule has 2 rings (SSSR count). The number of hydrogen-bond donors (Lipinski definition) is 0. The minimum absolute atomic E-state index is 0.133. The Morgan fingerprint density at radius 2 is 2.06 bits per heavy atom. The maximum atomic E-state index is 12.2. The van der Waals surface area contributed by atoms with E-state index in [0.29, 0.717) is 6.61 Å². The molecule has 0 unspecified atom stereocenters. The summed E-state index contributed by atoms with van der Waals surface area (Å²) < 4.78 is 11.5. The summed E-state index contributed by atoms with van der Waals surface area (Å²) in [5.74, 6) is 0.639. The highest BCUT2D eigenvalue weighted by molar-refractivity contribution is 5.77. The van der Waals surface area contributed by atoms with Crippen molar-refractivity contribution in [2.75, 3.05) is 6.61 Å². The molecule has 0 N–H and O–H groups in total. The highest BCUT2D eigenvalue weighted by Gasteiger charge is 2.43. The summed E-state index contributed by atoms with van der Waals surface area (Å²) >= 11 is 0. The smallest absolute Gasteiger partial charge is 0.316 e. The number of rotatable bonds is 3. The normalized spacial score (nSPS) is 22.9. The molecule has 0 saturated heterocycles. The fourth-order valence-corrected chi connectivity index (χ4v) is 2.56. The average molecular weight is 252 g/mol. The van der Waals surface area contributed by atoms with E-state index in [2.05, 4.69) is 0 Å². The molecule has 2 aliphatic rings. The Labute approximate surface area is 110 Å². The van der Waals surface area contributed by atoms with Gasteiger partial charge in [-0.1, -0.05) is 26.2 Å². The molecule has 102 valence electrons. The molecule has 1 fully saturated rings. The van der Waals surface area contributed by atoms with Crippen molar-refractivity contribution in [3.8, 4) is 0 Å². The molecule has 0 bridgehead atoms. The van der Waals surface area contributed by atoms with Crippen LogP contribution in [0.15, 0.2) is 11.8 Å². The molecule has 18 heavy (non-hydrogen) atoms. The van der Waals surface area contributed by atoms with E-state index >= 15 is 0 Å². The van der Waals surface area contributed by atoms with Gasteiger partial charge in [0.05, 0.1) is 12.0 Å². The van der Waals surface area contributed by atoms with Crippen molar-refractivity contribution in [2.24, 2.45) is 5.41 Å². The van der Waals surface area contributed by atoms with Gasteiger partial charge in [-0.05, 0) is 39.2 Å². The summed E-state index contributed by atoms with van der Waals surface area (Å²) in [7, 11) is 0. The van der Waals surface area contributed by atoms with Crippen LogP contribution in [-0.4, -0.2) is 18.2 Å². The summed E-state index contributed by atoms with van der Waals surface area (Å²) in [4.78, 5) is 12.2. The molecular weight excluding hydrogens is 228 g/mol. The van der Waals surface area contributed by atoms with Crippen LogP contribution < -0.4 is 0 Å². The van der Waals surface area contributed by atoms with Crippen molar-refractivity contribution < 1.29 is 14.3 Å². The first-order valence-electron chi connectivity index (χ1n) is 7.07. The largest absolute Gasteiger partial charge is 0.428 e. The monoisotopic (exact) mass is 252 g/mol. The van der Waals surface area contributed by atoms with Gasteiger partial charge in [0.1, 0.15) is 11.4 Å². The standard InChI is InChI=1S/C15H24O3/c1-4-14(2,3)13(16)18-12-8-11-17-15(12)9-6-5-7-10-15/h8H,4-7,9-11H2,1-3H3. The fraction of sp³-hybridized carbons (Fsp3) is 0.800. The van der Waals surface area contributed by atoms with Gasteiger partial charge in [0, 0.05) is 0 Å². The van der Waals surface area contributed by atoms with E-state index in [9.17, 15) is 4.79 Å². The Hall–Kier alpha value is -0.830. The molecule has 1 spiro atoms. The van der Waals surface area contributed by atoms with Crippen LogP contribution in [-0.2, 0) is 14.3 Å². The Kier molecular flexibility index (Phi) is 3.81. The molecular formula is C15H24O3. The SMILES string of the molecule is CCC(C)(C)C(=O)OC1=CCOC12CCCCC2. The maximum Gasteiger partial charge on any atom is 0.316 e. The Balaban J connectivity index is 2.06. The van der Waals surface area contributed by atoms with Gasteiger partial charge in [-0.15, -0.1) is 0 Å². The molecule has 1 saturated carbocycles. The number of esters is 1. The average Bonchev–Trinajstić information content (AvgIpc) is 2.73. The molecule has 1 aliphatic carbocycles. The molecule has 3 nitrogen and oxygen atoms in total.